The fourth-order valence-corrected chi connectivity index (χ4v) is 3.83. The number of aromatic nitrogens is 2. The summed E-state index contributed by atoms with van der Waals surface area (Å²) in [5.41, 5.74) is 1.81. The lowest BCUT2D eigenvalue weighted by molar-refractivity contribution is -0.135. The van der Waals surface area contributed by atoms with Crippen LogP contribution in [-0.4, -0.2) is 70.5 Å². The normalized spacial score (nSPS) is 21.4. The maximum absolute atomic E-state index is 13.0. The van der Waals surface area contributed by atoms with Crippen LogP contribution >= 0.6 is 0 Å². The first-order valence-electron chi connectivity index (χ1n) is 9.21. The first-order chi connectivity index (χ1) is 12.7. The highest BCUT2D eigenvalue weighted by Crippen LogP contribution is 2.22. The number of carbonyl (C=O) groups is 2. The number of rotatable bonds is 3. The maximum Gasteiger partial charge on any atom is 0.257 e. The first-order valence-corrected chi connectivity index (χ1v) is 9.21. The zero-order valence-electron chi connectivity index (χ0n) is 14.9. The van der Waals surface area contributed by atoms with Gasteiger partial charge in [0.05, 0.1) is 23.2 Å². The zero-order valence-corrected chi connectivity index (χ0v) is 14.9. The first kappa shape index (κ1) is 17.0. The van der Waals surface area contributed by atoms with E-state index in [1.165, 1.54) is 0 Å². The van der Waals surface area contributed by atoms with E-state index in [2.05, 4.69) is 15.5 Å². The quantitative estimate of drug-likeness (QED) is 0.875. The topological polar surface area (TPSA) is 91.6 Å². The van der Waals surface area contributed by atoms with Crippen molar-refractivity contribution in [2.45, 2.75) is 32.2 Å². The number of hydrogen-bond donors (Lipinski definition) is 1. The number of amides is 2. The van der Waals surface area contributed by atoms with E-state index in [0.29, 0.717) is 37.5 Å². The average molecular weight is 357 g/mol. The van der Waals surface area contributed by atoms with Crippen LogP contribution in [0.5, 0.6) is 0 Å². The number of nitrogens with one attached hydrogen (secondary N) is 1. The molecule has 2 aromatic heterocycles. The molecular formula is C18H23N5O3. The van der Waals surface area contributed by atoms with Crippen molar-refractivity contribution in [2.24, 2.45) is 0 Å². The third-order valence-electron chi connectivity index (χ3n) is 5.24. The summed E-state index contributed by atoms with van der Waals surface area (Å²) in [6.45, 7) is 5.18. The maximum atomic E-state index is 13.0. The molecule has 138 valence electrons. The van der Waals surface area contributed by atoms with E-state index in [9.17, 15) is 9.59 Å². The van der Waals surface area contributed by atoms with Crippen LogP contribution < -0.4 is 5.32 Å². The van der Waals surface area contributed by atoms with Gasteiger partial charge in [0.25, 0.3) is 11.6 Å². The molecule has 8 nitrogen and oxygen atoms in total. The summed E-state index contributed by atoms with van der Waals surface area (Å²) in [6, 6.07) is 1.92. The second-order valence-electron chi connectivity index (χ2n) is 6.87. The van der Waals surface area contributed by atoms with Gasteiger partial charge >= 0.3 is 0 Å². The van der Waals surface area contributed by atoms with Crippen molar-refractivity contribution in [1.29, 1.82) is 0 Å². The Labute approximate surface area is 151 Å². The number of piperidine rings is 1. The van der Waals surface area contributed by atoms with Crippen molar-refractivity contribution in [1.82, 2.24) is 25.3 Å². The van der Waals surface area contributed by atoms with E-state index in [1.54, 1.807) is 6.20 Å². The van der Waals surface area contributed by atoms with Gasteiger partial charge in [0.1, 0.15) is 0 Å². The fourth-order valence-electron chi connectivity index (χ4n) is 3.83. The molecule has 0 aromatic carbocycles. The lowest BCUT2D eigenvalue weighted by atomic mass is 10.0. The summed E-state index contributed by atoms with van der Waals surface area (Å²) < 4.78 is 5.19. The highest BCUT2D eigenvalue weighted by atomic mass is 16.5. The number of hydrogen-bond acceptors (Lipinski definition) is 6. The van der Waals surface area contributed by atoms with E-state index in [1.807, 2.05) is 22.8 Å². The van der Waals surface area contributed by atoms with Crippen molar-refractivity contribution in [3.63, 3.8) is 0 Å². The van der Waals surface area contributed by atoms with Crippen molar-refractivity contribution < 1.29 is 14.1 Å². The van der Waals surface area contributed by atoms with E-state index >= 15 is 0 Å². The Balaban J connectivity index is 1.53. The van der Waals surface area contributed by atoms with Gasteiger partial charge in [0.15, 0.2) is 0 Å². The van der Waals surface area contributed by atoms with Crippen molar-refractivity contribution in [3.8, 4) is 0 Å². The largest absolute Gasteiger partial charge is 0.337 e. The Bertz CT molecular complexity index is 833. The molecule has 26 heavy (non-hydrogen) atoms. The number of aryl methyl sites for hydroxylation is 1. The van der Waals surface area contributed by atoms with Gasteiger partial charge < -0.3 is 19.6 Å². The molecule has 2 amide bonds. The lowest BCUT2D eigenvalue weighted by Gasteiger charge is -2.41. The standard InChI is InChI=1S/C18H23N5O3/c1-2-15-14-8-12(9-20-17(14)26-21-15)18(25)22-6-3-4-13(11-22)23-7-5-19-10-16(23)24/h8-9,13,19H,2-7,10-11H2,1H3. The Kier molecular flexibility index (Phi) is 4.58. The minimum atomic E-state index is -0.0464. The van der Waals surface area contributed by atoms with Crippen LogP contribution in [0.1, 0.15) is 35.8 Å². The summed E-state index contributed by atoms with van der Waals surface area (Å²) >= 11 is 0. The molecule has 2 aliphatic heterocycles. The molecule has 1 atom stereocenters. The molecule has 2 saturated heterocycles. The van der Waals surface area contributed by atoms with Crippen LogP contribution in [0.25, 0.3) is 11.1 Å². The lowest BCUT2D eigenvalue weighted by Crippen LogP contribution is -2.57. The third kappa shape index (κ3) is 3.05. The minimum Gasteiger partial charge on any atom is -0.337 e. The smallest absolute Gasteiger partial charge is 0.257 e. The van der Waals surface area contributed by atoms with Crippen LogP contribution in [0.4, 0.5) is 0 Å². The van der Waals surface area contributed by atoms with E-state index in [4.69, 9.17) is 4.52 Å². The Hall–Kier alpha value is -2.48. The number of carbonyl (C=O) groups excluding carboxylic acids is 2. The molecule has 1 unspecified atom stereocenters. The second-order valence-corrected chi connectivity index (χ2v) is 6.87. The van der Waals surface area contributed by atoms with Gasteiger partial charge in [-0.1, -0.05) is 12.1 Å². The van der Waals surface area contributed by atoms with Gasteiger partial charge in [-0.3, -0.25) is 9.59 Å². The van der Waals surface area contributed by atoms with Gasteiger partial charge in [0, 0.05) is 38.4 Å². The summed E-state index contributed by atoms with van der Waals surface area (Å²) in [4.78, 5) is 33.2. The van der Waals surface area contributed by atoms with Crippen LogP contribution in [0.2, 0.25) is 0 Å². The Morgan fingerprint density at radius 1 is 1.42 bits per heavy atom. The molecule has 4 rings (SSSR count). The summed E-state index contributed by atoms with van der Waals surface area (Å²) in [5.74, 6) is 0.0747. The highest BCUT2D eigenvalue weighted by molar-refractivity contribution is 5.97. The van der Waals surface area contributed by atoms with E-state index in [-0.39, 0.29) is 17.9 Å². The molecule has 2 aliphatic rings. The number of pyridine rings is 1. The van der Waals surface area contributed by atoms with Crippen molar-refractivity contribution >= 4 is 22.9 Å². The molecule has 1 N–H and O–H groups in total. The van der Waals surface area contributed by atoms with Crippen LogP contribution in [0.15, 0.2) is 16.8 Å². The monoisotopic (exact) mass is 357 g/mol. The van der Waals surface area contributed by atoms with Crippen LogP contribution in [0, 0.1) is 0 Å². The molecule has 0 aliphatic carbocycles. The summed E-state index contributed by atoms with van der Waals surface area (Å²) in [7, 11) is 0. The third-order valence-corrected chi connectivity index (χ3v) is 5.24. The number of fused-ring (bicyclic) bond motifs is 1. The van der Waals surface area contributed by atoms with Crippen molar-refractivity contribution in [3.05, 3.63) is 23.5 Å². The van der Waals surface area contributed by atoms with Gasteiger partial charge in [-0.25, -0.2) is 4.98 Å². The number of nitrogens with zero attached hydrogens (tertiary/aromatic N) is 4. The summed E-state index contributed by atoms with van der Waals surface area (Å²) in [5, 5.41) is 7.89. The van der Waals surface area contributed by atoms with Gasteiger partial charge in [-0.05, 0) is 25.3 Å². The Morgan fingerprint density at radius 3 is 3.12 bits per heavy atom. The summed E-state index contributed by atoms with van der Waals surface area (Å²) in [6.07, 6.45) is 4.12. The number of piperazine rings is 1. The Morgan fingerprint density at radius 2 is 2.31 bits per heavy atom. The molecule has 8 heteroatoms. The van der Waals surface area contributed by atoms with Gasteiger partial charge in [-0.15, -0.1) is 0 Å². The minimum absolute atomic E-state index is 0.0464. The second kappa shape index (κ2) is 7.03. The predicted octanol–water partition coefficient (Wildman–Crippen LogP) is 0.822. The van der Waals surface area contributed by atoms with Gasteiger partial charge in [0.2, 0.25) is 5.91 Å². The zero-order chi connectivity index (χ0) is 18.1. The van der Waals surface area contributed by atoms with E-state index < -0.39 is 0 Å². The van der Waals surface area contributed by atoms with Gasteiger partial charge in [-0.2, -0.15) is 0 Å². The molecule has 4 heterocycles. The number of likely N-dealkylation sites (tertiary alicyclic amines) is 1. The SMILES string of the molecule is CCc1noc2ncc(C(=O)N3CCCC(N4CCNCC4=O)C3)cc12. The molecule has 0 radical (unpaired) electrons. The highest BCUT2D eigenvalue weighted by Gasteiger charge is 2.32. The molecule has 0 spiro atoms. The van der Waals surface area contributed by atoms with E-state index in [0.717, 1.165) is 36.9 Å². The predicted molar refractivity (Wildman–Crippen MR) is 94.7 cm³/mol. The fraction of sp³-hybridized carbons (Fsp3) is 0.556. The van der Waals surface area contributed by atoms with Crippen molar-refractivity contribution in [2.75, 3.05) is 32.7 Å². The van der Waals surface area contributed by atoms with Crippen LogP contribution in [-0.2, 0) is 11.2 Å². The average Bonchev–Trinajstić information content (AvgIpc) is 3.10. The molecule has 2 fully saturated rings. The molecule has 0 saturated carbocycles. The molecular weight excluding hydrogens is 334 g/mol. The van der Waals surface area contributed by atoms with Crippen LogP contribution in [0.3, 0.4) is 0 Å². The molecule has 0 bridgehead atoms. The molecule has 2 aromatic rings.